The van der Waals surface area contributed by atoms with E-state index in [0.29, 0.717) is 23.1 Å². The number of nitriles is 1. The predicted molar refractivity (Wildman–Crippen MR) is 115 cm³/mol. The molecule has 150 valence electrons. The van der Waals surface area contributed by atoms with Gasteiger partial charge >= 0.3 is 0 Å². The Morgan fingerprint density at radius 2 is 1.97 bits per heavy atom. The molecular formula is C21H23ClN6O. The molecule has 0 atom stereocenters. The fourth-order valence-corrected chi connectivity index (χ4v) is 3.53. The largest absolute Gasteiger partial charge is 0.496 e. The summed E-state index contributed by atoms with van der Waals surface area (Å²) in [6.07, 6.45) is 3.83. The molecule has 0 bridgehead atoms. The molecule has 0 saturated carbocycles. The van der Waals surface area contributed by atoms with Crippen LogP contribution in [0.5, 0.6) is 5.75 Å². The lowest BCUT2D eigenvalue weighted by Gasteiger charge is -2.23. The number of hydrogen-bond donors (Lipinski definition) is 3. The van der Waals surface area contributed by atoms with E-state index >= 15 is 0 Å². The van der Waals surface area contributed by atoms with Gasteiger partial charge in [-0.1, -0.05) is 6.07 Å². The van der Waals surface area contributed by atoms with Crippen LogP contribution < -0.4 is 15.4 Å². The normalized spacial score (nSPS) is 13.9. The minimum absolute atomic E-state index is 0. The first-order chi connectivity index (χ1) is 13.8. The summed E-state index contributed by atoms with van der Waals surface area (Å²) < 4.78 is 5.66. The summed E-state index contributed by atoms with van der Waals surface area (Å²) >= 11 is 0. The predicted octanol–water partition coefficient (Wildman–Crippen LogP) is 3.98. The Hall–Kier alpha value is -3.08. The van der Waals surface area contributed by atoms with Crippen LogP contribution >= 0.6 is 12.4 Å². The van der Waals surface area contributed by atoms with Crippen LogP contribution in [0.15, 0.2) is 42.6 Å². The summed E-state index contributed by atoms with van der Waals surface area (Å²) in [6.45, 7) is 2.13. The van der Waals surface area contributed by atoms with Crippen LogP contribution in [0.3, 0.4) is 0 Å². The topological polar surface area (TPSA) is 98.7 Å². The van der Waals surface area contributed by atoms with E-state index in [-0.39, 0.29) is 12.4 Å². The van der Waals surface area contributed by atoms with E-state index in [0.717, 1.165) is 42.9 Å². The number of ether oxygens (including phenoxy) is 1. The quantitative estimate of drug-likeness (QED) is 0.588. The van der Waals surface area contributed by atoms with Crippen LogP contribution in [0.25, 0.3) is 11.3 Å². The monoisotopic (exact) mass is 410 g/mol. The van der Waals surface area contributed by atoms with Gasteiger partial charge in [0.25, 0.3) is 0 Å². The van der Waals surface area contributed by atoms with Gasteiger partial charge in [0, 0.05) is 17.8 Å². The average Bonchev–Trinajstić information content (AvgIpc) is 3.22. The first kappa shape index (κ1) is 20.6. The molecule has 0 aliphatic carbocycles. The third-order valence-electron chi connectivity index (χ3n) is 5.05. The van der Waals surface area contributed by atoms with Crippen molar-refractivity contribution < 1.29 is 4.74 Å². The van der Waals surface area contributed by atoms with Gasteiger partial charge in [0.05, 0.1) is 18.4 Å². The maximum Gasteiger partial charge on any atom is 0.153 e. The zero-order chi connectivity index (χ0) is 19.3. The minimum Gasteiger partial charge on any atom is -0.496 e. The smallest absolute Gasteiger partial charge is 0.153 e. The first-order valence-electron chi connectivity index (χ1n) is 9.34. The zero-order valence-corrected chi connectivity index (χ0v) is 16.9. The van der Waals surface area contributed by atoms with Crippen LogP contribution in [0, 0.1) is 11.3 Å². The molecule has 4 rings (SSSR count). The van der Waals surface area contributed by atoms with Gasteiger partial charge in [-0.2, -0.15) is 10.4 Å². The van der Waals surface area contributed by atoms with Gasteiger partial charge in [0.1, 0.15) is 17.6 Å². The van der Waals surface area contributed by atoms with Crippen LogP contribution in [0.4, 0.5) is 11.6 Å². The molecule has 1 aliphatic rings. The lowest BCUT2D eigenvalue weighted by atomic mass is 9.89. The Labute approximate surface area is 175 Å². The standard InChI is InChI=1S/C21H22N6O.ClH/c1-28-19-10-16(15-6-8-23-9-7-15)3-4-17(19)18-11-21(27-26-18)25-20-5-2-14(12-22)13-24-20;/h2-5,10-11,13,15,23H,6-9H2,1H3,(H2,24,25,26,27);1H. The highest BCUT2D eigenvalue weighted by Gasteiger charge is 2.18. The highest BCUT2D eigenvalue weighted by Crippen LogP contribution is 2.35. The van der Waals surface area contributed by atoms with E-state index in [2.05, 4.69) is 50.1 Å². The van der Waals surface area contributed by atoms with Gasteiger partial charge in [-0.25, -0.2) is 4.98 Å². The Kier molecular flexibility index (Phi) is 6.70. The highest BCUT2D eigenvalue weighted by molar-refractivity contribution is 5.85. The maximum atomic E-state index is 8.86. The number of aromatic amines is 1. The number of piperidine rings is 1. The third-order valence-corrected chi connectivity index (χ3v) is 5.05. The van der Waals surface area contributed by atoms with E-state index in [4.69, 9.17) is 10.00 Å². The number of aromatic nitrogens is 3. The third kappa shape index (κ3) is 4.67. The highest BCUT2D eigenvalue weighted by atomic mass is 35.5. The first-order valence-corrected chi connectivity index (χ1v) is 9.34. The molecule has 0 spiro atoms. The van der Waals surface area contributed by atoms with Gasteiger partial charge in [-0.15, -0.1) is 12.4 Å². The van der Waals surface area contributed by atoms with Crippen molar-refractivity contribution in [2.75, 3.05) is 25.5 Å². The number of nitrogens with one attached hydrogen (secondary N) is 3. The van der Waals surface area contributed by atoms with Crippen molar-refractivity contribution in [1.29, 1.82) is 5.26 Å². The molecule has 2 aromatic heterocycles. The Balaban J connectivity index is 0.00000240. The number of anilines is 2. The number of rotatable bonds is 5. The maximum absolute atomic E-state index is 8.86. The second-order valence-corrected chi connectivity index (χ2v) is 6.82. The Morgan fingerprint density at radius 3 is 2.66 bits per heavy atom. The molecule has 3 N–H and O–H groups in total. The van der Waals surface area contributed by atoms with Crippen molar-refractivity contribution in [1.82, 2.24) is 20.5 Å². The SMILES string of the molecule is COc1cc(C2CCNCC2)ccc1-c1cc(Nc2ccc(C#N)cn2)n[nH]1.Cl. The second-order valence-electron chi connectivity index (χ2n) is 6.82. The summed E-state index contributed by atoms with van der Waals surface area (Å²) in [5, 5.41) is 22.8. The molecule has 3 aromatic rings. The van der Waals surface area contributed by atoms with E-state index in [9.17, 15) is 0 Å². The number of methoxy groups -OCH3 is 1. The Morgan fingerprint density at radius 1 is 1.14 bits per heavy atom. The number of benzene rings is 1. The van der Waals surface area contributed by atoms with Crippen molar-refractivity contribution in [3.63, 3.8) is 0 Å². The lowest BCUT2D eigenvalue weighted by Crippen LogP contribution is -2.26. The molecule has 1 aliphatic heterocycles. The average molecular weight is 411 g/mol. The van der Waals surface area contributed by atoms with E-state index in [1.165, 1.54) is 11.8 Å². The minimum atomic E-state index is 0. The van der Waals surface area contributed by atoms with Crippen molar-refractivity contribution in [3.05, 3.63) is 53.7 Å². The zero-order valence-electron chi connectivity index (χ0n) is 16.1. The number of H-pyrrole nitrogens is 1. The van der Waals surface area contributed by atoms with Crippen molar-refractivity contribution in [3.8, 4) is 23.1 Å². The molecule has 3 heterocycles. The van der Waals surface area contributed by atoms with Crippen LogP contribution in [0.1, 0.15) is 29.9 Å². The molecular weight excluding hydrogens is 388 g/mol. The number of halogens is 1. The molecule has 8 heteroatoms. The molecule has 1 saturated heterocycles. The summed E-state index contributed by atoms with van der Waals surface area (Å²) in [5.74, 6) is 2.69. The van der Waals surface area contributed by atoms with Gasteiger partial charge in [-0.05, 0) is 61.7 Å². The summed E-state index contributed by atoms with van der Waals surface area (Å²) in [7, 11) is 1.70. The van der Waals surface area contributed by atoms with E-state index < -0.39 is 0 Å². The van der Waals surface area contributed by atoms with Gasteiger partial charge in [0.15, 0.2) is 5.82 Å². The lowest BCUT2D eigenvalue weighted by molar-refractivity contribution is 0.412. The van der Waals surface area contributed by atoms with Crippen molar-refractivity contribution in [2.24, 2.45) is 0 Å². The van der Waals surface area contributed by atoms with Crippen LogP contribution in [0.2, 0.25) is 0 Å². The van der Waals surface area contributed by atoms with Crippen LogP contribution in [-0.4, -0.2) is 35.4 Å². The molecule has 0 unspecified atom stereocenters. The Bertz CT molecular complexity index is 989. The van der Waals surface area contributed by atoms with Gasteiger partial charge < -0.3 is 15.4 Å². The summed E-state index contributed by atoms with van der Waals surface area (Å²) in [6, 6.07) is 13.9. The summed E-state index contributed by atoms with van der Waals surface area (Å²) in [5.41, 5.74) is 3.67. The van der Waals surface area contributed by atoms with Gasteiger partial charge in [0.2, 0.25) is 0 Å². The molecule has 1 fully saturated rings. The van der Waals surface area contributed by atoms with Crippen molar-refractivity contribution >= 4 is 24.0 Å². The molecule has 29 heavy (non-hydrogen) atoms. The fraction of sp³-hybridized carbons (Fsp3) is 0.286. The van der Waals surface area contributed by atoms with E-state index in [1.807, 2.05) is 6.07 Å². The van der Waals surface area contributed by atoms with Crippen LogP contribution in [-0.2, 0) is 0 Å². The molecule has 0 amide bonds. The number of pyridine rings is 1. The van der Waals surface area contributed by atoms with Gasteiger partial charge in [-0.3, -0.25) is 5.10 Å². The number of hydrogen-bond acceptors (Lipinski definition) is 6. The fourth-order valence-electron chi connectivity index (χ4n) is 3.53. The van der Waals surface area contributed by atoms with Crippen molar-refractivity contribution in [2.45, 2.75) is 18.8 Å². The van der Waals surface area contributed by atoms with E-state index in [1.54, 1.807) is 19.2 Å². The number of nitrogens with zero attached hydrogens (tertiary/aromatic N) is 3. The molecule has 7 nitrogen and oxygen atoms in total. The molecule has 0 radical (unpaired) electrons. The second kappa shape index (κ2) is 9.41. The summed E-state index contributed by atoms with van der Waals surface area (Å²) in [4.78, 5) is 4.21. The molecule has 1 aromatic carbocycles.